The average Bonchev–Trinajstić information content (AvgIpc) is 2.53. The van der Waals surface area contributed by atoms with Crippen LogP contribution in [0.25, 0.3) is 0 Å². The minimum Gasteiger partial charge on any atom is -0.480 e. The second-order valence-corrected chi connectivity index (χ2v) is 6.61. The number of halogens is 1. The molecule has 0 aromatic heterocycles. The van der Waals surface area contributed by atoms with Crippen LogP contribution in [-0.2, 0) is 9.59 Å². The molecule has 0 aliphatic heterocycles. The van der Waals surface area contributed by atoms with Gasteiger partial charge in [-0.25, -0.2) is 9.59 Å². The summed E-state index contributed by atoms with van der Waals surface area (Å²) in [6.45, 7) is 7.08. The molecule has 8 nitrogen and oxygen atoms in total. The summed E-state index contributed by atoms with van der Waals surface area (Å²) in [5.74, 6) is -0.862. The van der Waals surface area contributed by atoms with Gasteiger partial charge < -0.3 is 26.8 Å². The summed E-state index contributed by atoms with van der Waals surface area (Å²) in [4.78, 5) is 35.5. The number of carbonyl (C=O) groups is 3. The van der Waals surface area contributed by atoms with Gasteiger partial charge >= 0.3 is 12.0 Å². The van der Waals surface area contributed by atoms with Gasteiger partial charge in [0.1, 0.15) is 12.1 Å². The SMILES string of the molecule is C.CCC[C@@H](NC(=O)N[C@@H](CCCCN)C(=O)O)C(=O)NCCC(C)C.Cl. The van der Waals surface area contributed by atoms with Gasteiger partial charge in [-0.2, -0.15) is 0 Å². The minimum atomic E-state index is -1.10. The molecule has 27 heavy (non-hydrogen) atoms. The number of amides is 3. The summed E-state index contributed by atoms with van der Waals surface area (Å²) in [7, 11) is 0. The topological polar surface area (TPSA) is 134 Å². The molecule has 2 atom stereocenters. The maximum absolute atomic E-state index is 12.2. The van der Waals surface area contributed by atoms with E-state index in [4.69, 9.17) is 5.73 Å². The fraction of sp³-hybridized carbons (Fsp3) is 0.833. The van der Waals surface area contributed by atoms with E-state index in [1.54, 1.807) is 0 Å². The maximum atomic E-state index is 12.2. The molecule has 0 aromatic carbocycles. The second kappa shape index (κ2) is 17.9. The first-order valence-corrected chi connectivity index (χ1v) is 9.09. The monoisotopic (exact) mass is 410 g/mol. The van der Waals surface area contributed by atoms with E-state index in [-0.39, 0.29) is 25.7 Å². The highest BCUT2D eigenvalue weighted by molar-refractivity contribution is 5.88. The van der Waals surface area contributed by atoms with Crippen molar-refractivity contribution >= 4 is 30.3 Å². The van der Waals surface area contributed by atoms with Crippen LogP contribution >= 0.6 is 12.4 Å². The quantitative estimate of drug-likeness (QED) is 0.297. The molecule has 0 aliphatic carbocycles. The molecule has 0 rings (SSSR count). The Bertz CT molecular complexity index is 422. The molecule has 3 amide bonds. The molecule has 0 saturated heterocycles. The van der Waals surface area contributed by atoms with E-state index in [9.17, 15) is 19.5 Å². The van der Waals surface area contributed by atoms with Crippen LogP contribution in [0.4, 0.5) is 4.79 Å². The molecule has 0 spiro atoms. The molecule has 0 bridgehead atoms. The normalized spacial score (nSPS) is 12.2. The zero-order valence-electron chi connectivity index (χ0n) is 16.0. The third kappa shape index (κ3) is 15.2. The molecule has 6 N–H and O–H groups in total. The largest absolute Gasteiger partial charge is 0.480 e. The number of unbranched alkanes of at least 4 members (excludes halogenated alkanes) is 1. The summed E-state index contributed by atoms with van der Waals surface area (Å²) in [5, 5.41) is 17.0. The van der Waals surface area contributed by atoms with Crippen LogP contribution in [0.15, 0.2) is 0 Å². The van der Waals surface area contributed by atoms with E-state index in [1.807, 2.05) is 6.92 Å². The van der Waals surface area contributed by atoms with Crippen molar-refractivity contribution in [3.8, 4) is 0 Å². The standard InChI is InChI=1S/C17H34N4O4.CH4.ClH/c1-4-7-13(15(22)19-11-9-12(2)3)20-17(25)21-14(16(23)24)8-5-6-10-18;;/h12-14H,4-11,18H2,1-3H3,(H,19,22)(H,23,24)(H2,20,21,25);1H4;1H/t13-,14+;;/m1../s1. The number of carbonyl (C=O) groups excluding carboxylic acids is 2. The molecule has 0 radical (unpaired) electrons. The summed E-state index contributed by atoms with van der Waals surface area (Å²) in [6, 6.07) is -2.30. The van der Waals surface area contributed by atoms with Crippen LogP contribution in [0.5, 0.6) is 0 Å². The summed E-state index contributed by atoms with van der Waals surface area (Å²) >= 11 is 0. The molecule has 0 aliphatic rings. The first-order valence-electron chi connectivity index (χ1n) is 9.09. The number of urea groups is 1. The van der Waals surface area contributed by atoms with Gasteiger partial charge in [0.15, 0.2) is 0 Å². The van der Waals surface area contributed by atoms with Crippen LogP contribution in [0, 0.1) is 5.92 Å². The Balaban J connectivity index is -0.00000288. The lowest BCUT2D eigenvalue weighted by atomic mass is 10.1. The van der Waals surface area contributed by atoms with E-state index in [1.165, 1.54) is 0 Å². The average molecular weight is 411 g/mol. The molecule has 0 aromatic rings. The number of carboxylic acid groups (broad SMARTS) is 1. The predicted octanol–water partition coefficient (Wildman–Crippen LogP) is 2.26. The van der Waals surface area contributed by atoms with Gasteiger partial charge in [0.25, 0.3) is 0 Å². The molecular weight excluding hydrogens is 372 g/mol. The van der Waals surface area contributed by atoms with Gasteiger partial charge in [0.2, 0.25) is 5.91 Å². The highest BCUT2D eigenvalue weighted by Crippen LogP contribution is 2.03. The number of aliphatic carboxylic acids is 1. The molecule has 0 fully saturated rings. The second-order valence-electron chi connectivity index (χ2n) is 6.61. The third-order valence-corrected chi connectivity index (χ3v) is 3.77. The van der Waals surface area contributed by atoms with Gasteiger partial charge in [-0.3, -0.25) is 4.79 Å². The van der Waals surface area contributed by atoms with Crippen molar-refractivity contribution < 1.29 is 19.5 Å². The first kappa shape index (κ1) is 30.2. The van der Waals surface area contributed by atoms with Gasteiger partial charge in [-0.15, -0.1) is 12.4 Å². The van der Waals surface area contributed by atoms with E-state index in [0.29, 0.717) is 44.7 Å². The van der Waals surface area contributed by atoms with Gasteiger partial charge in [0, 0.05) is 6.54 Å². The number of hydrogen-bond donors (Lipinski definition) is 5. The predicted molar refractivity (Wildman–Crippen MR) is 111 cm³/mol. The Morgan fingerprint density at radius 3 is 2.07 bits per heavy atom. The van der Waals surface area contributed by atoms with Crippen molar-refractivity contribution in [2.24, 2.45) is 11.7 Å². The lowest BCUT2D eigenvalue weighted by Gasteiger charge is -2.20. The minimum absolute atomic E-state index is 0. The molecular formula is C18H39ClN4O4. The van der Waals surface area contributed by atoms with Gasteiger partial charge in [-0.1, -0.05) is 34.6 Å². The van der Waals surface area contributed by atoms with Crippen molar-refractivity contribution in [2.45, 2.75) is 78.8 Å². The number of nitrogens with two attached hydrogens (primary N) is 1. The van der Waals surface area contributed by atoms with E-state index in [0.717, 1.165) is 12.8 Å². The number of hydrogen-bond acceptors (Lipinski definition) is 4. The Labute approximate surface area is 169 Å². The molecule has 0 unspecified atom stereocenters. The van der Waals surface area contributed by atoms with E-state index >= 15 is 0 Å². The summed E-state index contributed by atoms with van der Waals surface area (Å²) in [5.41, 5.74) is 5.39. The maximum Gasteiger partial charge on any atom is 0.326 e. The van der Waals surface area contributed by atoms with Gasteiger partial charge in [-0.05, 0) is 44.6 Å². The number of nitrogens with one attached hydrogen (secondary N) is 3. The fourth-order valence-electron chi connectivity index (χ4n) is 2.27. The van der Waals surface area contributed by atoms with Crippen LogP contribution in [-0.4, -0.2) is 48.2 Å². The molecule has 162 valence electrons. The van der Waals surface area contributed by atoms with Crippen LogP contribution < -0.4 is 21.7 Å². The summed E-state index contributed by atoms with van der Waals surface area (Å²) < 4.78 is 0. The van der Waals surface area contributed by atoms with Gasteiger partial charge in [0.05, 0.1) is 0 Å². The smallest absolute Gasteiger partial charge is 0.326 e. The molecule has 0 saturated carbocycles. The first-order chi connectivity index (χ1) is 11.8. The van der Waals surface area contributed by atoms with Crippen molar-refractivity contribution in [2.75, 3.05) is 13.1 Å². The highest BCUT2D eigenvalue weighted by atomic mass is 35.5. The Hall–Kier alpha value is -1.54. The van der Waals surface area contributed by atoms with Crippen LogP contribution in [0.1, 0.15) is 66.7 Å². The lowest BCUT2D eigenvalue weighted by molar-refractivity contribution is -0.139. The zero-order valence-corrected chi connectivity index (χ0v) is 16.9. The van der Waals surface area contributed by atoms with E-state index in [2.05, 4.69) is 29.8 Å². The zero-order chi connectivity index (χ0) is 19.2. The Morgan fingerprint density at radius 1 is 1.00 bits per heavy atom. The number of carboxylic acids is 1. The highest BCUT2D eigenvalue weighted by Gasteiger charge is 2.23. The van der Waals surface area contributed by atoms with Crippen LogP contribution in [0.3, 0.4) is 0 Å². The summed E-state index contributed by atoms with van der Waals surface area (Å²) in [6.07, 6.45) is 3.69. The lowest BCUT2D eigenvalue weighted by Crippen LogP contribution is -2.53. The molecule has 0 heterocycles. The van der Waals surface area contributed by atoms with E-state index < -0.39 is 24.1 Å². The van der Waals surface area contributed by atoms with Crippen LogP contribution in [0.2, 0.25) is 0 Å². The number of rotatable bonds is 13. The van der Waals surface area contributed by atoms with Crippen molar-refractivity contribution in [3.63, 3.8) is 0 Å². The Morgan fingerprint density at radius 2 is 1.59 bits per heavy atom. The fourth-order valence-corrected chi connectivity index (χ4v) is 2.27. The van der Waals surface area contributed by atoms with Crippen molar-refractivity contribution in [3.05, 3.63) is 0 Å². The Kier molecular flexibility index (Phi) is 20.0. The van der Waals surface area contributed by atoms with Crippen molar-refractivity contribution in [1.82, 2.24) is 16.0 Å². The molecule has 9 heteroatoms. The third-order valence-electron chi connectivity index (χ3n) is 3.77. The van der Waals surface area contributed by atoms with Crippen molar-refractivity contribution in [1.29, 1.82) is 0 Å².